The van der Waals surface area contributed by atoms with Crippen LogP contribution in [0, 0.1) is 23.7 Å². The first-order valence-electron chi connectivity index (χ1n) is 11.1. The molecule has 0 radical (unpaired) electrons. The monoisotopic (exact) mass is 475 g/mol. The van der Waals surface area contributed by atoms with Crippen LogP contribution in [0.3, 0.4) is 0 Å². The van der Waals surface area contributed by atoms with E-state index in [-0.39, 0.29) is 8.45 Å². The molecule has 0 N–H and O–H groups in total. The number of allylic oxidation sites excluding steroid dienone is 8. The maximum absolute atomic E-state index is 8.01. The van der Waals surface area contributed by atoms with Crippen molar-refractivity contribution in [1.29, 1.82) is 0 Å². The summed E-state index contributed by atoms with van der Waals surface area (Å²) < 4.78 is 0.527. The van der Waals surface area contributed by atoms with Gasteiger partial charge in [0.25, 0.3) is 0 Å². The molecule has 159 valence electrons. The first-order chi connectivity index (χ1) is 12.7. The Kier molecular flexibility index (Phi) is 7.55. The normalized spacial score (nSPS) is 24.8. The van der Waals surface area contributed by atoms with Gasteiger partial charge in [-0.3, -0.25) is 0 Å². The van der Waals surface area contributed by atoms with E-state index in [0.717, 1.165) is 0 Å². The van der Waals surface area contributed by atoms with Crippen molar-refractivity contribution in [1.82, 2.24) is 0 Å². The number of rotatable bonds is 7. The molecule has 0 nitrogen and oxygen atoms in total. The van der Waals surface area contributed by atoms with E-state index in [1.807, 2.05) is 0 Å². The Labute approximate surface area is 184 Å². The minimum absolute atomic E-state index is 0.263. The van der Waals surface area contributed by atoms with Crippen LogP contribution in [0.2, 0.25) is 21.5 Å². The van der Waals surface area contributed by atoms with Gasteiger partial charge >= 0.3 is 185 Å². The van der Waals surface area contributed by atoms with Crippen LogP contribution in [-0.4, -0.2) is 6.66 Å². The zero-order chi connectivity index (χ0) is 21.6. The summed E-state index contributed by atoms with van der Waals surface area (Å²) >= 11 is -3.99. The van der Waals surface area contributed by atoms with E-state index in [9.17, 15) is 0 Å². The molecule has 2 aliphatic rings. The van der Waals surface area contributed by atoms with E-state index in [1.54, 1.807) is 0 Å². The van der Waals surface area contributed by atoms with Crippen LogP contribution in [-0.2, 0) is 12.4 Å². The fourth-order valence-electron chi connectivity index (χ4n) is 4.87. The number of hydrogen-bond acceptors (Lipinski definition) is 0. The number of halogens is 2. The Bertz CT molecular complexity index is 680. The van der Waals surface area contributed by atoms with Gasteiger partial charge in [-0.15, -0.1) is 0 Å². The molecule has 0 aromatic heterocycles. The Balaban J connectivity index is 2.73. The molecule has 4 heteroatoms. The van der Waals surface area contributed by atoms with Gasteiger partial charge < -0.3 is 0 Å². The van der Waals surface area contributed by atoms with E-state index in [4.69, 9.17) is 18.6 Å². The molecule has 0 heterocycles. The van der Waals surface area contributed by atoms with Crippen molar-refractivity contribution in [2.45, 2.75) is 76.9 Å². The van der Waals surface area contributed by atoms with Gasteiger partial charge in [0.05, 0.1) is 0 Å². The van der Waals surface area contributed by atoms with Crippen LogP contribution < -0.4 is 0 Å². The number of hydrogen-bond donors (Lipinski definition) is 0. The summed E-state index contributed by atoms with van der Waals surface area (Å²) in [4.78, 5) is 0. The van der Waals surface area contributed by atoms with Gasteiger partial charge in [-0.1, -0.05) is 0 Å². The minimum atomic E-state index is -3.99. The van der Waals surface area contributed by atoms with Crippen molar-refractivity contribution in [2.75, 3.05) is 0 Å². The van der Waals surface area contributed by atoms with E-state index in [1.165, 1.54) is 22.3 Å². The second-order valence-corrected chi connectivity index (χ2v) is 40.0. The Morgan fingerprint density at radius 1 is 0.679 bits per heavy atom. The predicted octanol–water partition coefficient (Wildman–Crippen LogP) is 8.90. The Morgan fingerprint density at radius 3 is 1.21 bits per heavy atom. The summed E-state index contributed by atoms with van der Waals surface area (Å²) in [6.45, 7) is 21.8. The second-order valence-electron chi connectivity index (χ2n) is 10.6. The second kappa shape index (κ2) is 8.54. The SMILES string of the molecule is CC(C)C1=C[CH]([Ti]([Cl])([Cl])([CH]2C=C(C(C)C)C=C2C(C)C)[SiH](C)C)C(C(C)C)=C1. The summed E-state index contributed by atoms with van der Waals surface area (Å²) in [7, 11) is 16.0. The van der Waals surface area contributed by atoms with Crippen LogP contribution in [0.5, 0.6) is 0 Å². The Hall–Kier alpha value is 0.471. The van der Waals surface area contributed by atoms with Crippen molar-refractivity contribution >= 4 is 25.3 Å². The molecule has 0 saturated carbocycles. The molecule has 2 unspecified atom stereocenters. The van der Waals surface area contributed by atoms with Gasteiger partial charge in [-0.2, -0.15) is 0 Å². The molecule has 2 aliphatic carbocycles. The van der Waals surface area contributed by atoms with E-state index < -0.39 is 19.1 Å². The molecule has 0 amide bonds. The first-order valence-corrected chi connectivity index (χ1v) is 22.8. The van der Waals surface area contributed by atoms with Crippen molar-refractivity contribution in [2.24, 2.45) is 23.7 Å². The van der Waals surface area contributed by atoms with Gasteiger partial charge in [0.15, 0.2) is 0 Å². The first kappa shape index (κ1) is 24.7. The average molecular weight is 476 g/mol. The van der Waals surface area contributed by atoms with Crippen molar-refractivity contribution < 1.29 is 12.4 Å². The van der Waals surface area contributed by atoms with Gasteiger partial charge in [0.2, 0.25) is 0 Å². The summed E-state index contributed by atoms with van der Waals surface area (Å²) in [6, 6.07) is 0. The maximum atomic E-state index is 8.01. The molecule has 0 aliphatic heterocycles. The molecule has 2 atom stereocenters. The van der Waals surface area contributed by atoms with Gasteiger partial charge in [-0.25, -0.2) is 0 Å². The topological polar surface area (TPSA) is 0 Å². The van der Waals surface area contributed by atoms with Crippen LogP contribution >= 0.6 is 18.6 Å². The molecule has 0 fully saturated rings. The summed E-state index contributed by atoms with van der Waals surface area (Å²) in [5.41, 5.74) is 5.84. The van der Waals surface area contributed by atoms with Crippen LogP contribution in [0.4, 0.5) is 0 Å². The fourth-order valence-corrected chi connectivity index (χ4v) is 24.0. The van der Waals surface area contributed by atoms with Crippen molar-refractivity contribution in [3.63, 3.8) is 0 Å². The molecule has 0 saturated heterocycles. The van der Waals surface area contributed by atoms with E-state index >= 15 is 0 Å². The molecular formula is C24H41Cl2SiTi. The standard InChI is InChI=1S/2C11H17.C2H7Si.2ClH.Ti/c2*1-8(2)10-5-6-11(7-10)9(3)4;1-3-2;;;/h2*5-9H,1-4H3;3H,1-2H3;2*1H;/q;;;;;+2/p-2. The van der Waals surface area contributed by atoms with Crippen molar-refractivity contribution in [3.05, 3.63) is 46.6 Å². The molecule has 0 aromatic rings. The van der Waals surface area contributed by atoms with Crippen LogP contribution in [0.25, 0.3) is 0 Å². The molecule has 0 aromatic carbocycles. The molecule has 0 bridgehead atoms. The van der Waals surface area contributed by atoms with Gasteiger partial charge in [0.1, 0.15) is 0 Å². The van der Waals surface area contributed by atoms with E-state index in [2.05, 4.69) is 92.8 Å². The van der Waals surface area contributed by atoms with Crippen LogP contribution in [0.15, 0.2) is 46.6 Å². The molecular weight excluding hydrogens is 435 g/mol. The average Bonchev–Trinajstić information content (AvgIpc) is 3.20. The quantitative estimate of drug-likeness (QED) is 0.322. The van der Waals surface area contributed by atoms with Crippen molar-refractivity contribution in [3.8, 4) is 0 Å². The van der Waals surface area contributed by atoms with E-state index in [0.29, 0.717) is 23.7 Å². The van der Waals surface area contributed by atoms with Gasteiger partial charge in [-0.05, 0) is 0 Å². The third kappa shape index (κ3) is 4.13. The fraction of sp³-hybridized carbons (Fsp3) is 0.667. The zero-order valence-electron chi connectivity index (χ0n) is 19.6. The summed E-state index contributed by atoms with van der Waals surface area (Å²) in [6.07, 6.45) is 9.85. The molecule has 0 spiro atoms. The third-order valence-electron chi connectivity index (χ3n) is 7.06. The Morgan fingerprint density at radius 2 is 1.00 bits per heavy atom. The molecule has 28 heavy (non-hydrogen) atoms. The molecule has 2 rings (SSSR count). The zero-order valence-corrected chi connectivity index (χ0v) is 23.8. The summed E-state index contributed by atoms with van der Waals surface area (Å²) in [5.74, 6) is 1.99. The van der Waals surface area contributed by atoms with Gasteiger partial charge in [0, 0.05) is 0 Å². The third-order valence-corrected chi connectivity index (χ3v) is 42.5. The summed E-state index contributed by atoms with van der Waals surface area (Å²) in [5, 5.41) is 0. The predicted molar refractivity (Wildman–Crippen MR) is 130 cm³/mol. The van der Waals surface area contributed by atoms with Crippen LogP contribution in [0.1, 0.15) is 55.4 Å².